The van der Waals surface area contributed by atoms with Gasteiger partial charge in [-0.25, -0.2) is 4.98 Å². The van der Waals surface area contributed by atoms with Gasteiger partial charge in [-0.05, 0) is 37.0 Å². The van der Waals surface area contributed by atoms with Crippen molar-refractivity contribution in [1.29, 1.82) is 5.26 Å². The second-order valence-corrected chi connectivity index (χ2v) is 8.04. The summed E-state index contributed by atoms with van der Waals surface area (Å²) in [6.45, 7) is 2.89. The van der Waals surface area contributed by atoms with E-state index in [4.69, 9.17) is 11.6 Å². The lowest BCUT2D eigenvalue weighted by molar-refractivity contribution is 0.0792. The highest BCUT2D eigenvalue weighted by Gasteiger charge is 2.44. The van der Waals surface area contributed by atoms with Gasteiger partial charge in [0.2, 0.25) is 0 Å². The van der Waals surface area contributed by atoms with E-state index >= 15 is 0 Å². The number of carbonyl (C=O) groups excluding carboxylic acids is 1. The van der Waals surface area contributed by atoms with Crippen LogP contribution in [0.1, 0.15) is 35.2 Å². The highest BCUT2D eigenvalue weighted by Crippen LogP contribution is 2.39. The summed E-state index contributed by atoms with van der Waals surface area (Å²) >= 11 is 6.73. The Hall–Kier alpha value is -2.58. The fourth-order valence-electron chi connectivity index (χ4n) is 4.17. The number of anilines is 1. The maximum Gasteiger partial charge on any atom is 0.255 e. The van der Waals surface area contributed by atoms with Crippen molar-refractivity contribution >= 4 is 23.3 Å². The van der Waals surface area contributed by atoms with E-state index in [9.17, 15) is 10.1 Å². The van der Waals surface area contributed by atoms with Crippen LogP contribution in [-0.4, -0.2) is 47.3 Å². The number of piperidine rings is 1. The van der Waals surface area contributed by atoms with Gasteiger partial charge >= 0.3 is 0 Å². The Balaban J connectivity index is 1.48. The molecule has 2 fully saturated rings. The lowest BCUT2D eigenvalue weighted by atomic mass is 9.73. The van der Waals surface area contributed by atoms with Crippen molar-refractivity contribution < 1.29 is 4.79 Å². The number of rotatable bonds is 3. The third-order valence-corrected chi connectivity index (χ3v) is 6.40. The fourth-order valence-corrected chi connectivity index (χ4v) is 4.62. The number of hydrogen-bond acceptors (Lipinski definition) is 4. The van der Waals surface area contributed by atoms with E-state index in [0.29, 0.717) is 25.1 Å². The average Bonchev–Trinajstić information content (AvgIpc) is 3.29. The smallest absolute Gasteiger partial charge is 0.255 e. The number of hydrogen-bond donors (Lipinski definition) is 0. The molecule has 0 N–H and O–H groups in total. The number of carbonyl (C=O) groups is 1. The highest BCUT2D eigenvalue weighted by molar-refractivity contribution is 6.22. The summed E-state index contributed by atoms with van der Waals surface area (Å²) in [6.07, 6.45) is 4.44. The van der Waals surface area contributed by atoms with E-state index in [2.05, 4.69) is 16.0 Å². The maximum absolute atomic E-state index is 12.5. The Morgan fingerprint density at radius 2 is 1.89 bits per heavy atom. The summed E-state index contributed by atoms with van der Waals surface area (Å²) in [5.74, 6) is 0.848. The molecule has 2 saturated heterocycles. The third kappa shape index (κ3) is 3.33. The van der Waals surface area contributed by atoms with Crippen LogP contribution in [0.4, 0.5) is 5.82 Å². The number of halogens is 1. The molecule has 2 aliphatic rings. The molecule has 1 amide bonds. The minimum absolute atomic E-state index is 0.0537. The number of nitriles is 1. The van der Waals surface area contributed by atoms with Gasteiger partial charge in [0.25, 0.3) is 5.91 Å². The Morgan fingerprint density at radius 1 is 1.14 bits per heavy atom. The zero-order chi connectivity index (χ0) is 19.6. The van der Waals surface area contributed by atoms with Crippen LogP contribution in [0.3, 0.4) is 0 Å². The predicted octanol–water partition coefficient (Wildman–Crippen LogP) is 3.60. The largest absolute Gasteiger partial charge is 0.355 e. The molecule has 3 heterocycles. The maximum atomic E-state index is 12.5. The van der Waals surface area contributed by atoms with Crippen LogP contribution >= 0.6 is 11.6 Å². The first kappa shape index (κ1) is 18.8. The van der Waals surface area contributed by atoms with Crippen LogP contribution in [0.25, 0.3) is 0 Å². The van der Waals surface area contributed by atoms with Crippen LogP contribution in [0.5, 0.6) is 0 Å². The van der Waals surface area contributed by atoms with Gasteiger partial charge in [0, 0.05) is 32.4 Å². The van der Waals surface area contributed by atoms with Crippen LogP contribution in [0.15, 0.2) is 48.7 Å². The van der Waals surface area contributed by atoms with Crippen LogP contribution < -0.4 is 4.90 Å². The van der Waals surface area contributed by atoms with Gasteiger partial charge in [-0.2, -0.15) is 5.26 Å². The number of likely N-dealkylation sites (tertiary alicyclic amines) is 1. The summed E-state index contributed by atoms with van der Waals surface area (Å²) in [5, 5.41) is 9.57. The standard InChI is InChI=1S/C22H23ClN4O/c23-19-15-27(13-10-22(19,16-24)18-6-2-1-3-7-18)20-9-8-17(14-25-20)21(28)26-11-4-5-12-26/h1-3,6-9,14,19H,4-5,10-13,15H2. The summed E-state index contributed by atoms with van der Waals surface area (Å²) in [5.41, 5.74) is 0.905. The topological polar surface area (TPSA) is 60.2 Å². The molecule has 28 heavy (non-hydrogen) atoms. The second kappa shape index (κ2) is 7.81. The summed E-state index contributed by atoms with van der Waals surface area (Å²) in [6, 6.07) is 16.0. The minimum Gasteiger partial charge on any atom is -0.355 e. The van der Waals surface area contributed by atoms with Gasteiger partial charge in [-0.3, -0.25) is 4.79 Å². The molecule has 1 aromatic heterocycles. The molecule has 0 aliphatic carbocycles. The number of aromatic nitrogens is 1. The van der Waals surface area contributed by atoms with Crippen LogP contribution in [0, 0.1) is 11.3 Å². The second-order valence-electron chi connectivity index (χ2n) is 7.52. The summed E-state index contributed by atoms with van der Waals surface area (Å²) < 4.78 is 0. The fraction of sp³-hybridized carbons (Fsp3) is 0.409. The van der Waals surface area contributed by atoms with Crippen molar-refractivity contribution in [3.05, 3.63) is 59.8 Å². The van der Waals surface area contributed by atoms with Crippen molar-refractivity contribution in [2.24, 2.45) is 0 Å². The molecule has 0 saturated carbocycles. The normalized spacial score (nSPS) is 24.8. The van der Waals surface area contributed by atoms with E-state index in [1.54, 1.807) is 6.20 Å². The quantitative estimate of drug-likeness (QED) is 0.746. The number of benzene rings is 1. The van der Waals surface area contributed by atoms with Crippen molar-refractivity contribution in [2.45, 2.75) is 30.1 Å². The summed E-state index contributed by atoms with van der Waals surface area (Å²) in [7, 11) is 0. The average molecular weight is 395 g/mol. The molecule has 2 atom stereocenters. The molecule has 2 aromatic rings. The van der Waals surface area contributed by atoms with E-state index in [1.807, 2.05) is 47.4 Å². The van der Waals surface area contributed by atoms with Gasteiger partial charge in [0.15, 0.2) is 0 Å². The molecule has 0 radical (unpaired) electrons. The SMILES string of the molecule is N#CC1(c2ccccc2)CCN(c2ccc(C(=O)N3CCCC3)cn2)CC1Cl. The molecular weight excluding hydrogens is 372 g/mol. The first-order valence-electron chi connectivity index (χ1n) is 9.75. The Kier molecular flexibility index (Phi) is 5.23. The Labute approximate surface area is 170 Å². The van der Waals surface area contributed by atoms with E-state index < -0.39 is 5.41 Å². The van der Waals surface area contributed by atoms with Gasteiger partial charge < -0.3 is 9.80 Å². The Morgan fingerprint density at radius 3 is 2.50 bits per heavy atom. The lowest BCUT2D eigenvalue weighted by Gasteiger charge is -2.41. The molecule has 2 aliphatic heterocycles. The zero-order valence-corrected chi connectivity index (χ0v) is 16.5. The van der Waals surface area contributed by atoms with Crippen molar-refractivity contribution in [3.63, 3.8) is 0 Å². The van der Waals surface area contributed by atoms with E-state index in [0.717, 1.165) is 37.3 Å². The molecule has 1 aromatic carbocycles. The van der Waals surface area contributed by atoms with Crippen LogP contribution in [0.2, 0.25) is 0 Å². The number of amides is 1. The molecule has 4 rings (SSSR count). The lowest BCUT2D eigenvalue weighted by Crippen LogP contribution is -2.50. The van der Waals surface area contributed by atoms with Crippen molar-refractivity contribution in [3.8, 4) is 6.07 Å². The van der Waals surface area contributed by atoms with Gasteiger partial charge in [-0.1, -0.05) is 30.3 Å². The van der Waals surface area contributed by atoms with E-state index in [1.165, 1.54) is 0 Å². The van der Waals surface area contributed by atoms with Crippen molar-refractivity contribution in [1.82, 2.24) is 9.88 Å². The number of pyridine rings is 1. The Bertz CT molecular complexity index is 874. The van der Waals surface area contributed by atoms with E-state index in [-0.39, 0.29) is 11.3 Å². The molecular formula is C22H23ClN4O. The molecule has 144 valence electrons. The predicted molar refractivity (Wildman–Crippen MR) is 110 cm³/mol. The molecule has 6 heteroatoms. The molecule has 0 bridgehead atoms. The first-order chi connectivity index (χ1) is 13.6. The summed E-state index contributed by atoms with van der Waals surface area (Å²) in [4.78, 5) is 21.0. The minimum atomic E-state index is -0.690. The van der Waals surface area contributed by atoms with Gasteiger partial charge in [0.1, 0.15) is 11.2 Å². The number of nitrogens with zero attached hydrogens (tertiary/aromatic N) is 4. The highest BCUT2D eigenvalue weighted by atomic mass is 35.5. The third-order valence-electron chi connectivity index (χ3n) is 5.89. The first-order valence-corrected chi connectivity index (χ1v) is 10.2. The molecule has 2 unspecified atom stereocenters. The monoisotopic (exact) mass is 394 g/mol. The molecule has 0 spiro atoms. The number of alkyl halides is 1. The van der Waals surface area contributed by atoms with Crippen molar-refractivity contribution in [2.75, 3.05) is 31.1 Å². The van der Waals surface area contributed by atoms with Gasteiger partial charge in [0.05, 0.1) is 17.0 Å². The molecule has 5 nitrogen and oxygen atoms in total. The van der Waals surface area contributed by atoms with Crippen LogP contribution in [-0.2, 0) is 5.41 Å². The van der Waals surface area contributed by atoms with Gasteiger partial charge in [-0.15, -0.1) is 11.6 Å². The zero-order valence-electron chi connectivity index (χ0n) is 15.7.